The second-order valence-corrected chi connectivity index (χ2v) is 18.3. The van der Waals surface area contributed by atoms with Gasteiger partial charge in [-0.3, -0.25) is 0 Å². The van der Waals surface area contributed by atoms with Gasteiger partial charge in [0.2, 0.25) is 11.4 Å². The molecule has 1 aliphatic heterocycles. The van der Waals surface area contributed by atoms with Crippen LogP contribution in [0.2, 0.25) is 0 Å². The molecule has 0 unspecified atom stereocenters. The summed E-state index contributed by atoms with van der Waals surface area (Å²) in [6.07, 6.45) is -14.4. The van der Waals surface area contributed by atoms with Crippen molar-refractivity contribution in [3.05, 3.63) is 95.9 Å². The predicted octanol–water partition coefficient (Wildman–Crippen LogP) is 14.9. The number of nitrogens with zero attached hydrogens (tertiary/aromatic N) is 2. The number of aromatic nitrogens is 1. The third-order valence-corrected chi connectivity index (χ3v) is 14.6. The summed E-state index contributed by atoms with van der Waals surface area (Å²) in [6.45, 7) is -8.37. The fourth-order valence-corrected chi connectivity index (χ4v) is 9.80. The number of allylic oxidation sites excluding steroid dienone is 2. The summed E-state index contributed by atoms with van der Waals surface area (Å²) >= 11 is 0. The van der Waals surface area contributed by atoms with Crippen molar-refractivity contribution in [2.45, 2.75) is 81.6 Å². The third-order valence-electron chi connectivity index (χ3n) is 10.3. The van der Waals surface area contributed by atoms with Gasteiger partial charge in [-0.2, -0.15) is 4.58 Å². The van der Waals surface area contributed by atoms with E-state index in [0.29, 0.717) is 0 Å². The van der Waals surface area contributed by atoms with E-state index in [4.69, 9.17) is 0 Å². The molecule has 6 rings (SSSR count). The Hall–Kier alpha value is -4.48. The van der Waals surface area contributed by atoms with Gasteiger partial charge in [-0.25, -0.2) is 0 Å². The van der Waals surface area contributed by atoms with E-state index < -0.39 is 42.4 Å². The van der Waals surface area contributed by atoms with Gasteiger partial charge in [0.05, 0.1) is 10.9 Å². The zero-order chi connectivity index (χ0) is 45.2. The second kappa shape index (κ2) is 14.6. The Morgan fingerprint density at radius 1 is 0.583 bits per heavy atom. The van der Waals surface area contributed by atoms with E-state index in [9.17, 15) is 78.4 Å². The number of alkyl halides is 15. The Morgan fingerprint density at radius 2 is 1.05 bits per heavy atom. The summed E-state index contributed by atoms with van der Waals surface area (Å²) in [5.41, 5.74) is -23.9. The molecule has 1 aromatic heterocycles. The number of benzene rings is 4. The van der Waals surface area contributed by atoms with Crippen LogP contribution in [-0.4, -0.2) is 56.9 Å². The van der Waals surface area contributed by atoms with Crippen LogP contribution >= 0.6 is 6.88 Å². The summed E-state index contributed by atoms with van der Waals surface area (Å²) < 4.78 is 227. The molecule has 0 spiro atoms. The fourth-order valence-electron chi connectivity index (χ4n) is 7.11. The van der Waals surface area contributed by atoms with E-state index in [1.54, 1.807) is 0 Å². The summed E-state index contributed by atoms with van der Waals surface area (Å²) in [5.74, 6) is 0. The third kappa shape index (κ3) is 6.26. The first-order valence-electron chi connectivity index (χ1n) is 17.9. The number of rotatable bonds is 11. The summed E-state index contributed by atoms with van der Waals surface area (Å²) in [4.78, 5) is 0. The van der Waals surface area contributed by atoms with E-state index in [0.717, 1.165) is 13.1 Å². The first kappa shape index (κ1) is 46.6. The number of unbranched alkanes of at least 4 members (excludes halogenated alkanes) is 2. The second-order valence-electron chi connectivity index (χ2n) is 14.1. The molecule has 0 saturated carbocycles. The van der Waals surface area contributed by atoms with Crippen molar-refractivity contribution in [2.24, 2.45) is 0 Å². The SMILES string of the molecule is CCCCn1/c(=C\C=C\C2=[N+](CCCC)c3cccc4cccc2c34)c2cccc3cccc1c32.FC(F)(F)C(F)(F)[P-](F)(F)(F)(C(F)(F)C(F)(F)F)C(F)(F)C(F)(F)F. The van der Waals surface area contributed by atoms with Crippen molar-refractivity contribution >= 4 is 56.8 Å². The molecule has 2 nitrogen and oxygen atoms in total. The van der Waals surface area contributed by atoms with Gasteiger partial charge in [-0.05, 0) is 35.4 Å². The number of halogens is 18. The Kier molecular flexibility index (Phi) is 11.3. The maximum absolute atomic E-state index is 15.0. The summed E-state index contributed by atoms with van der Waals surface area (Å²) in [5, 5.41) is 8.10. The Morgan fingerprint density at radius 3 is 1.55 bits per heavy atom. The molecule has 4 aromatic carbocycles. The predicted molar refractivity (Wildman–Crippen MR) is 194 cm³/mol. The molecular formula is C39H33F18N2P. The maximum atomic E-state index is 13.4. The molecule has 0 bridgehead atoms. The molecule has 0 radical (unpaired) electrons. The van der Waals surface area contributed by atoms with Crippen molar-refractivity contribution in [1.29, 1.82) is 0 Å². The number of aryl methyl sites for hydroxylation is 1. The monoisotopic (exact) mass is 902 g/mol. The molecule has 5 aromatic rings. The molecule has 0 saturated heterocycles. The zero-order valence-corrected chi connectivity index (χ0v) is 31.9. The minimum atomic E-state index is -15.0. The van der Waals surface area contributed by atoms with E-state index in [1.807, 2.05) is 0 Å². The van der Waals surface area contributed by atoms with Crippen LogP contribution in [0.4, 0.5) is 84.1 Å². The minimum absolute atomic E-state index is 1.05. The van der Waals surface area contributed by atoms with Crippen LogP contribution in [0.3, 0.4) is 0 Å². The van der Waals surface area contributed by atoms with E-state index in [-0.39, 0.29) is 0 Å². The van der Waals surface area contributed by atoms with Crippen molar-refractivity contribution in [1.82, 2.24) is 4.57 Å². The normalized spacial score (nSPS) is 16.3. The molecule has 0 fully saturated rings. The van der Waals surface area contributed by atoms with E-state index >= 15 is 0 Å². The Labute approximate surface area is 328 Å². The van der Waals surface area contributed by atoms with Crippen LogP contribution in [-0.2, 0) is 6.54 Å². The molecule has 1 aliphatic rings. The molecule has 0 amide bonds. The molecule has 0 N–H and O–H groups in total. The first-order valence-corrected chi connectivity index (χ1v) is 20.3. The quantitative estimate of drug-likeness (QED) is 0.0709. The van der Waals surface area contributed by atoms with E-state index in [2.05, 4.69) is 114 Å². The van der Waals surface area contributed by atoms with E-state index in [1.165, 1.54) is 80.4 Å². The van der Waals surface area contributed by atoms with Crippen molar-refractivity contribution in [3.63, 3.8) is 0 Å². The van der Waals surface area contributed by atoms with Gasteiger partial charge >= 0.3 is 121 Å². The van der Waals surface area contributed by atoms with Gasteiger partial charge in [0, 0.05) is 46.7 Å². The standard InChI is InChI=1S/C33H33N2.C6F18P/c1-3-5-22-34-28(26-16-7-12-24-14-9-20-30(34)32(24)26)18-11-19-29-27-17-8-13-25-15-10-21-31(33(25)27)35(29)23-6-4-2;7-1(8,9)4(16,17)25(22,23,24,5(18,19)2(10,11)12)6(20,21)3(13,14)15/h7-21H,3-6,22-23H2,1-2H3;/q+1;-1. The number of hydrogen-bond donors (Lipinski definition) is 0. The number of hydrogen-bond acceptors (Lipinski definition) is 0. The van der Waals surface area contributed by atoms with Crippen molar-refractivity contribution in [2.75, 3.05) is 6.54 Å². The topological polar surface area (TPSA) is 7.94 Å². The average Bonchev–Trinajstić information content (AvgIpc) is 3.61. The average molecular weight is 903 g/mol. The summed E-state index contributed by atoms with van der Waals surface area (Å²) in [6, 6.07) is 26.8. The summed E-state index contributed by atoms with van der Waals surface area (Å²) in [7, 11) is 0. The van der Waals surface area contributed by atoms with Gasteiger partial charge in [-0.1, -0.05) is 87.4 Å². The molecule has 0 atom stereocenters. The van der Waals surface area contributed by atoms with Gasteiger partial charge < -0.3 is 4.57 Å². The van der Waals surface area contributed by atoms with Gasteiger partial charge in [0.1, 0.15) is 6.54 Å². The van der Waals surface area contributed by atoms with Crippen LogP contribution in [0.15, 0.2) is 84.9 Å². The van der Waals surface area contributed by atoms with Gasteiger partial charge in [0.25, 0.3) is 0 Å². The van der Waals surface area contributed by atoms with Crippen molar-refractivity contribution < 1.29 is 83.0 Å². The Bertz CT molecular complexity index is 2460. The molecule has 21 heteroatoms. The molecule has 0 aliphatic carbocycles. The first-order chi connectivity index (χ1) is 27.4. The molecule has 2 heterocycles. The van der Waals surface area contributed by atoms with Crippen molar-refractivity contribution in [3.8, 4) is 0 Å². The fraction of sp³-hybridized carbons (Fsp3) is 0.359. The molecule has 330 valence electrons. The van der Waals surface area contributed by atoms with Gasteiger partial charge in [0.15, 0.2) is 0 Å². The van der Waals surface area contributed by atoms with Gasteiger partial charge in [-0.15, -0.1) is 0 Å². The van der Waals surface area contributed by atoms with Crippen LogP contribution in [0.5, 0.6) is 0 Å². The van der Waals surface area contributed by atoms with Crippen LogP contribution in [0.25, 0.3) is 38.5 Å². The van der Waals surface area contributed by atoms with Crippen LogP contribution < -0.4 is 5.35 Å². The Balaban J connectivity index is 0.000000244. The zero-order valence-electron chi connectivity index (χ0n) is 31.0. The molecule has 60 heavy (non-hydrogen) atoms. The molecular weight excluding hydrogens is 869 g/mol. The van der Waals surface area contributed by atoms with Crippen LogP contribution in [0, 0.1) is 0 Å². The van der Waals surface area contributed by atoms with Crippen LogP contribution in [0.1, 0.15) is 45.1 Å².